The molecule has 1 fully saturated rings. The van der Waals surface area contributed by atoms with Crippen LogP contribution in [0.1, 0.15) is 12.0 Å². The third-order valence-corrected chi connectivity index (χ3v) is 4.84. The van der Waals surface area contributed by atoms with Crippen molar-refractivity contribution in [3.8, 4) is 5.75 Å². The van der Waals surface area contributed by atoms with E-state index in [9.17, 15) is 18.4 Å². The Morgan fingerprint density at radius 1 is 1.21 bits per heavy atom. The topological polar surface area (TPSA) is 49.9 Å². The first-order chi connectivity index (χ1) is 13.3. The lowest BCUT2D eigenvalue weighted by Crippen LogP contribution is -2.37. The zero-order chi connectivity index (χ0) is 20.3. The molecule has 1 saturated heterocycles. The van der Waals surface area contributed by atoms with Crippen molar-refractivity contribution >= 4 is 29.1 Å². The minimum atomic E-state index is -2.88. The van der Waals surface area contributed by atoms with E-state index < -0.39 is 12.5 Å². The van der Waals surface area contributed by atoms with Gasteiger partial charge in [0, 0.05) is 30.8 Å². The smallest absolute Gasteiger partial charge is 0.387 e. The van der Waals surface area contributed by atoms with E-state index in [0.29, 0.717) is 23.7 Å². The van der Waals surface area contributed by atoms with Gasteiger partial charge in [0.15, 0.2) is 0 Å². The second kappa shape index (κ2) is 8.56. The third-order valence-electron chi connectivity index (χ3n) is 4.59. The summed E-state index contributed by atoms with van der Waals surface area (Å²) in [6.45, 7) is -2.16. The number of carbonyl (C=O) groups excluding carboxylic acids is 2. The molecule has 5 nitrogen and oxygen atoms in total. The van der Waals surface area contributed by atoms with Crippen LogP contribution in [0.3, 0.4) is 0 Å². The van der Waals surface area contributed by atoms with Gasteiger partial charge in [0.05, 0.1) is 0 Å². The Morgan fingerprint density at radius 2 is 1.86 bits per heavy atom. The van der Waals surface area contributed by atoms with E-state index in [1.165, 1.54) is 17.0 Å². The molecular weight excluding hydrogens is 390 g/mol. The highest BCUT2D eigenvalue weighted by Crippen LogP contribution is 2.28. The number of carbonyl (C=O) groups is 2. The molecule has 148 valence electrons. The number of ether oxygens (including phenoxy) is 1. The molecule has 0 N–H and O–H groups in total. The number of halogens is 3. The second-order valence-corrected chi connectivity index (χ2v) is 6.96. The second-order valence-electron chi connectivity index (χ2n) is 6.52. The third kappa shape index (κ3) is 4.59. The van der Waals surface area contributed by atoms with Gasteiger partial charge in [0.25, 0.3) is 0 Å². The maximum absolute atomic E-state index is 12.7. The van der Waals surface area contributed by atoms with E-state index in [-0.39, 0.29) is 24.1 Å². The molecule has 1 aliphatic rings. The zero-order valence-corrected chi connectivity index (χ0v) is 15.9. The van der Waals surface area contributed by atoms with Crippen LogP contribution in [0.4, 0.5) is 14.5 Å². The van der Waals surface area contributed by atoms with Crippen molar-refractivity contribution in [1.82, 2.24) is 4.90 Å². The van der Waals surface area contributed by atoms with Crippen molar-refractivity contribution in [1.29, 1.82) is 0 Å². The van der Waals surface area contributed by atoms with Crippen molar-refractivity contribution < 1.29 is 23.1 Å². The summed E-state index contributed by atoms with van der Waals surface area (Å²) in [5, 5.41) is 0.577. The van der Waals surface area contributed by atoms with Gasteiger partial charge in [-0.1, -0.05) is 23.7 Å². The molecule has 28 heavy (non-hydrogen) atoms. The van der Waals surface area contributed by atoms with Crippen LogP contribution in [0.15, 0.2) is 48.5 Å². The molecule has 0 saturated carbocycles. The summed E-state index contributed by atoms with van der Waals surface area (Å²) in [5.74, 6) is -1.19. The number of benzene rings is 2. The zero-order valence-electron chi connectivity index (χ0n) is 15.1. The van der Waals surface area contributed by atoms with Crippen LogP contribution in [0.25, 0.3) is 0 Å². The number of rotatable bonds is 6. The van der Waals surface area contributed by atoms with Crippen LogP contribution in [-0.2, 0) is 16.1 Å². The Labute approximate surface area is 166 Å². The highest BCUT2D eigenvalue weighted by atomic mass is 35.5. The van der Waals surface area contributed by atoms with Crippen LogP contribution in [0.2, 0.25) is 5.02 Å². The van der Waals surface area contributed by atoms with Crippen LogP contribution in [-0.4, -0.2) is 36.9 Å². The van der Waals surface area contributed by atoms with Crippen LogP contribution >= 0.6 is 11.6 Å². The van der Waals surface area contributed by atoms with E-state index in [2.05, 4.69) is 4.74 Å². The number of nitrogens with zero attached hydrogens (tertiary/aromatic N) is 2. The number of hydrogen-bond donors (Lipinski definition) is 0. The predicted octanol–water partition coefficient (Wildman–Crippen LogP) is 3.95. The van der Waals surface area contributed by atoms with E-state index >= 15 is 0 Å². The Morgan fingerprint density at radius 3 is 2.46 bits per heavy atom. The molecule has 2 aromatic rings. The molecule has 0 aliphatic carbocycles. The predicted molar refractivity (Wildman–Crippen MR) is 101 cm³/mol. The summed E-state index contributed by atoms with van der Waals surface area (Å²) in [6.07, 6.45) is 0.436. The molecule has 0 spiro atoms. The van der Waals surface area contributed by atoms with Gasteiger partial charge in [0.2, 0.25) is 11.8 Å². The highest BCUT2D eigenvalue weighted by molar-refractivity contribution is 6.30. The van der Waals surface area contributed by atoms with Crippen molar-refractivity contribution in [3.05, 3.63) is 59.1 Å². The van der Waals surface area contributed by atoms with Gasteiger partial charge >= 0.3 is 6.61 Å². The van der Waals surface area contributed by atoms with E-state index in [4.69, 9.17) is 11.6 Å². The molecule has 2 aromatic carbocycles. The monoisotopic (exact) mass is 408 g/mol. The number of hydrogen-bond acceptors (Lipinski definition) is 3. The molecule has 8 heteroatoms. The van der Waals surface area contributed by atoms with E-state index in [0.717, 1.165) is 5.56 Å². The minimum Gasteiger partial charge on any atom is -0.435 e. The van der Waals surface area contributed by atoms with Gasteiger partial charge in [-0.2, -0.15) is 8.78 Å². The van der Waals surface area contributed by atoms with Crippen molar-refractivity contribution in [2.45, 2.75) is 19.6 Å². The standard InChI is InChI=1S/C20H19ClF2N2O3/c1-24(12-13-2-8-16(9-3-13)28-20(22)23)18(26)17-10-11-25(19(17)27)15-6-4-14(21)5-7-15/h2-9,17,20H,10-12H2,1H3. The molecular formula is C20H19ClF2N2O3. The molecule has 1 heterocycles. The minimum absolute atomic E-state index is 0.0531. The molecule has 1 aliphatic heterocycles. The number of amides is 2. The molecule has 1 atom stereocenters. The average molecular weight is 409 g/mol. The SMILES string of the molecule is CN(Cc1ccc(OC(F)F)cc1)C(=O)C1CCN(c2ccc(Cl)cc2)C1=O. The maximum atomic E-state index is 12.7. The molecule has 2 amide bonds. The van der Waals surface area contributed by atoms with Gasteiger partial charge in [-0.25, -0.2) is 0 Å². The van der Waals surface area contributed by atoms with Gasteiger partial charge in [0.1, 0.15) is 11.7 Å². The quantitative estimate of drug-likeness (QED) is 0.680. The van der Waals surface area contributed by atoms with Crippen molar-refractivity contribution in [2.24, 2.45) is 5.92 Å². The lowest BCUT2D eigenvalue weighted by Gasteiger charge is -2.21. The maximum Gasteiger partial charge on any atom is 0.387 e. The van der Waals surface area contributed by atoms with Gasteiger partial charge < -0.3 is 14.5 Å². The Kier molecular flexibility index (Phi) is 6.14. The highest BCUT2D eigenvalue weighted by Gasteiger charge is 2.38. The lowest BCUT2D eigenvalue weighted by molar-refractivity contribution is -0.139. The largest absolute Gasteiger partial charge is 0.435 e. The summed E-state index contributed by atoms with van der Waals surface area (Å²) >= 11 is 5.88. The molecule has 3 rings (SSSR count). The molecule has 1 unspecified atom stereocenters. The number of alkyl halides is 2. The summed E-state index contributed by atoms with van der Waals surface area (Å²) in [6, 6.07) is 13.0. The Hall–Kier alpha value is -2.67. The fourth-order valence-corrected chi connectivity index (χ4v) is 3.31. The van der Waals surface area contributed by atoms with Crippen LogP contribution in [0, 0.1) is 5.92 Å². The van der Waals surface area contributed by atoms with Crippen molar-refractivity contribution in [2.75, 3.05) is 18.5 Å². The normalized spacial score (nSPS) is 16.5. The molecule has 0 aromatic heterocycles. The summed E-state index contributed by atoms with van der Waals surface area (Å²) in [7, 11) is 1.62. The van der Waals surface area contributed by atoms with Gasteiger partial charge in [-0.3, -0.25) is 9.59 Å². The summed E-state index contributed by atoms with van der Waals surface area (Å²) in [4.78, 5) is 28.5. The average Bonchev–Trinajstić information content (AvgIpc) is 3.04. The lowest BCUT2D eigenvalue weighted by atomic mass is 10.1. The van der Waals surface area contributed by atoms with Crippen LogP contribution < -0.4 is 9.64 Å². The fourth-order valence-electron chi connectivity index (χ4n) is 3.18. The van der Waals surface area contributed by atoms with E-state index in [1.807, 2.05) is 0 Å². The fraction of sp³-hybridized carbons (Fsp3) is 0.300. The first-order valence-electron chi connectivity index (χ1n) is 8.71. The summed E-state index contributed by atoms with van der Waals surface area (Å²) < 4.78 is 28.7. The van der Waals surface area contributed by atoms with Gasteiger partial charge in [-0.15, -0.1) is 0 Å². The first kappa shape index (κ1) is 20.1. The first-order valence-corrected chi connectivity index (χ1v) is 9.08. The van der Waals surface area contributed by atoms with Gasteiger partial charge in [-0.05, 0) is 48.4 Å². The Bertz CT molecular complexity index is 844. The molecule has 0 bridgehead atoms. The Balaban J connectivity index is 1.61. The van der Waals surface area contributed by atoms with Crippen molar-refractivity contribution in [3.63, 3.8) is 0 Å². The van der Waals surface area contributed by atoms with Crippen LogP contribution in [0.5, 0.6) is 5.75 Å². The van der Waals surface area contributed by atoms with E-state index in [1.54, 1.807) is 48.3 Å². The molecule has 0 radical (unpaired) electrons. The summed E-state index contributed by atoms with van der Waals surface area (Å²) in [5.41, 5.74) is 1.46. The number of anilines is 1.